The minimum absolute atomic E-state index is 0.0904. The molecule has 1 aliphatic heterocycles. The van der Waals surface area contributed by atoms with Crippen LogP contribution in [0.15, 0.2) is 72.8 Å². The number of thiazole rings is 1. The minimum atomic E-state index is -0.0904. The number of imidazole rings is 1. The number of hydrogen-bond donors (Lipinski definition) is 1. The van der Waals surface area contributed by atoms with Gasteiger partial charge in [-0.3, -0.25) is 9.30 Å². The first-order chi connectivity index (χ1) is 18.6. The van der Waals surface area contributed by atoms with Crippen LogP contribution in [-0.4, -0.2) is 65.6 Å². The molecule has 2 amide bonds. The number of urea groups is 1. The first-order valence-corrected chi connectivity index (χ1v) is 13.4. The van der Waals surface area contributed by atoms with E-state index in [1.807, 2.05) is 41.3 Å². The Morgan fingerprint density at radius 1 is 0.921 bits per heavy atom. The summed E-state index contributed by atoms with van der Waals surface area (Å²) in [6, 6.07) is 23.9. The Morgan fingerprint density at radius 2 is 1.68 bits per heavy atom. The molecule has 3 aromatic carbocycles. The van der Waals surface area contributed by atoms with Gasteiger partial charge < -0.3 is 19.7 Å². The van der Waals surface area contributed by atoms with Crippen molar-refractivity contribution in [1.29, 1.82) is 0 Å². The zero-order valence-electron chi connectivity index (χ0n) is 21.4. The average Bonchev–Trinajstić information content (AvgIpc) is 3.49. The molecule has 1 saturated heterocycles. The summed E-state index contributed by atoms with van der Waals surface area (Å²) in [7, 11) is 3.31. The summed E-state index contributed by atoms with van der Waals surface area (Å²) in [5.41, 5.74) is 5.14. The Kier molecular flexibility index (Phi) is 6.61. The highest BCUT2D eigenvalue weighted by Gasteiger charge is 2.25. The molecule has 5 aromatic rings. The maximum atomic E-state index is 12.9. The number of anilines is 1. The van der Waals surface area contributed by atoms with Gasteiger partial charge in [0.25, 0.3) is 0 Å². The monoisotopic (exact) mass is 527 g/mol. The topological polar surface area (TPSA) is 71.3 Å². The van der Waals surface area contributed by atoms with Crippen LogP contribution in [0.25, 0.3) is 26.4 Å². The van der Waals surface area contributed by atoms with E-state index in [0.717, 1.165) is 63.2 Å². The van der Waals surface area contributed by atoms with Crippen LogP contribution in [-0.2, 0) is 6.54 Å². The van der Waals surface area contributed by atoms with E-state index in [1.165, 1.54) is 0 Å². The lowest BCUT2D eigenvalue weighted by atomic mass is 10.1. The summed E-state index contributed by atoms with van der Waals surface area (Å²) in [6.45, 7) is 3.61. The number of ether oxygens (including phenoxy) is 2. The van der Waals surface area contributed by atoms with Crippen LogP contribution in [0.1, 0.15) is 5.69 Å². The van der Waals surface area contributed by atoms with E-state index in [1.54, 1.807) is 25.6 Å². The molecule has 38 heavy (non-hydrogen) atoms. The van der Waals surface area contributed by atoms with Gasteiger partial charge in [0.05, 0.1) is 35.8 Å². The van der Waals surface area contributed by atoms with E-state index in [2.05, 4.69) is 51.0 Å². The zero-order chi connectivity index (χ0) is 26.1. The Morgan fingerprint density at radius 3 is 2.45 bits per heavy atom. The molecular weight excluding hydrogens is 498 g/mol. The molecule has 0 atom stereocenters. The Labute approximate surface area is 225 Å². The van der Waals surface area contributed by atoms with Crippen molar-refractivity contribution in [3.8, 4) is 22.8 Å². The standard InChI is InChI=1S/C29H29N5O3S/c1-36-22-10-6-9-21(17-22)30-28(35)33-15-13-32(14-16-33)19-25-27(20-7-4-3-5-8-20)31-29-34(25)24-12-11-23(37-2)18-26(24)38-29/h3-12,17-18H,13-16,19H2,1-2H3,(H,30,35). The number of fused-ring (bicyclic) bond motifs is 3. The predicted molar refractivity (Wildman–Crippen MR) is 151 cm³/mol. The zero-order valence-corrected chi connectivity index (χ0v) is 22.2. The fraction of sp³-hybridized carbons (Fsp3) is 0.241. The number of nitrogens with zero attached hydrogens (tertiary/aromatic N) is 4. The molecule has 3 heterocycles. The van der Waals surface area contributed by atoms with Gasteiger partial charge >= 0.3 is 6.03 Å². The van der Waals surface area contributed by atoms with Crippen molar-refractivity contribution in [2.45, 2.75) is 6.54 Å². The van der Waals surface area contributed by atoms with E-state index in [0.29, 0.717) is 18.8 Å². The van der Waals surface area contributed by atoms with Crippen LogP contribution in [0, 0.1) is 0 Å². The largest absolute Gasteiger partial charge is 0.497 e. The lowest BCUT2D eigenvalue weighted by molar-refractivity contribution is 0.142. The quantitative estimate of drug-likeness (QED) is 0.312. The van der Waals surface area contributed by atoms with Crippen LogP contribution in [0.2, 0.25) is 0 Å². The summed E-state index contributed by atoms with van der Waals surface area (Å²) in [5, 5.41) is 2.99. The van der Waals surface area contributed by atoms with Crippen LogP contribution >= 0.6 is 11.3 Å². The van der Waals surface area contributed by atoms with Gasteiger partial charge in [-0.2, -0.15) is 0 Å². The van der Waals surface area contributed by atoms with Crippen molar-refractivity contribution >= 4 is 38.2 Å². The maximum Gasteiger partial charge on any atom is 0.321 e. The number of piperazine rings is 1. The minimum Gasteiger partial charge on any atom is -0.497 e. The van der Waals surface area contributed by atoms with Crippen molar-refractivity contribution in [2.24, 2.45) is 0 Å². The molecule has 194 valence electrons. The van der Waals surface area contributed by atoms with E-state index >= 15 is 0 Å². The SMILES string of the molecule is COc1cccc(NC(=O)N2CCN(Cc3c(-c4ccccc4)nc4sc5cc(OC)ccc5n34)CC2)c1. The predicted octanol–water partition coefficient (Wildman–Crippen LogP) is 5.58. The van der Waals surface area contributed by atoms with E-state index in [-0.39, 0.29) is 6.03 Å². The van der Waals surface area contributed by atoms with Gasteiger partial charge in [-0.1, -0.05) is 47.7 Å². The maximum absolute atomic E-state index is 12.9. The summed E-state index contributed by atoms with van der Waals surface area (Å²) in [4.78, 5) is 23.2. The molecule has 1 N–H and O–H groups in total. The molecule has 0 radical (unpaired) electrons. The molecule has 6 rings (SSSR count). The molecule has 1 fully saturated rings. The number of carbonyl (C=O) groups excluding carboxylic acids is 1. The number of hydrogen-bond acceptors (Lipinski definition) is 6. The van der Waals surface area contributed by atoms with Crippen LogP contribution in [0.3, 0.4) is 0 Å². The highest BCUT2D eigenvalue weighted by atomic mass is 32.1. The van der Waals surface area contributed by atoms with Crippen molar-refractivity contribution in [3.05, 3.63) is 78.5 Å². The second-order valence-corrected chi connectivity index (χ2v) is 10.3. The highest BCUT2D eigenvalue weighted by Crippen LogP contribution is 2.35. The van der Waals surface area contributed by atoms with Crippen LogP contribution < -0.4 is 14.8 Å². The van der Waals surface area contributed by atoms with E-state index in [4.69, 9.17) is 14.5 Å². The van der Waals surface area contributed by atoms with Crippen molar-refractivity contribution in [1.82, 2.24) is 19.2 Å². The second kappa shape index (κ2) is 10.4. The van der Waals surface area contributed by atoms with E-state index in [9.17, 15) is 4.79 Å². The van der Waals surface area contributed by atoms with Gasteiger partial charge in [0, 0.05) is 50.0 Å². The number of methoxy groups -OCH3 is 2. The number of rotatable bonds is 6. The summed E-state index contributed by atoms with van der Waals surface area (Å²) in [5.74, 6) is 1.56. The number of nitrogens with one attached hydrogen (secondary N) is 1. The molecule has 0 spiro atoms. The molecule has 9 heteroatoms. The molecule has 0 bridgehead atoms. The average molecular weight is 528 g/mol. The Bertz CT molecular complexity index is 1590. The van der Waals surface area contributed by atoms with E-state index < -0.39 is 0 Å². The van der Waals surface area contributed by atoms with Crippen molar-refractivity contribution < 1.29 is 14.3 Å². The van der Waals surface area contributed by atoms with Crippen molar-refractivity contribution in [3.63, 3.8) is 0 Å². The number of amides is 2. The summed E-state index contributed by atoms with van der Waals surface area (Å²) >= 11 is 1.67. The second-order valence-electron chi connectivity index (χ2n) is 9.25. The molecular formula is C29H29N5O3S. The number of benzene rings is 3. The van der Waals surface area contributed by atoms with Gasteiger partial charge in [0.2, 0.25) is 0 Å². The summed E-state index contributed by atoms with van der Waals surface area (Å²) < 4.78 is 14.1. The molecule has 1 aliphatic rings. The molecule has 0 saturated carbocycles. The lowest BCUT2D eigenvalue weighted by Gasteiger charge is -2.34. The Hall–Kier alpha value is -4.08. The first kappa shape index (κ1) is 24.3. The van der Waals surface area contributed by atoms with Gasteiger partial charge in [0.15, 0.2) is 4.96 Å². The normalized spacial score (nSPS) is 14.2. The summed E-state index contributed by atoms with van der Waals surface area (Å²) in [6.07, 6.45) is 0. The Balaban J connectivity index is 1.23. The van der Waals surface area contributed by atoms with Gasteiger partial charge in [-0.15, -0.1) is 0 Å². The van der Waals surface area contributed by atoms with Crippen molar-refractivity contribution in [2.75, 3.05) is 45.7 Å². The number of aromatic nitrogens is 2. The van der Waals surface area contributed by atoms with Gasteiger partial charge in [-0.25, -0.2) is 9.78 Å². The molecule has 0 aliphatic carbocycles. The van der Waals surface area contributed by atoms with Gasteiger partial charge in [-0.05, 0) is 30.3 Å². The third-order valence-corrected chi connectivity index (χ3v) is 7.96. The fourth-order valence-corrected chi connectivity index (χ4v) is 6.00. The number of carbonyl (C=O) groups is 1. The highest BCUT2D eigenvalue weighted by molar-refractivity contribution is 7.23. The lowest BCUT2D eigenvalue weighted by Crippen LogP contribution is -2.49. The van der Waals surface area contributed by atoms with Gasteiger partial charge in [0.1, 0.15) is 11.5 Å². The molecule has 0 unspecified atom stereocenters. The molecule has 8 nitrogen and oxygen atoms in total. The fourth-order valence-electron chi connectivity index (χ4n) is 4.93. The third-order valence-electron chi connectivity index (χ3n) is 6.95. The first-order valence-electron chi connectivity index (χ1n) is 12.6. The van der Waals surface area contributed by atoms with Crippen LogP contribution in [0.4, 0.5) is 10.5 Å². The smallest absolute Gasteiger partial charge is 0.321 e. The third kappa shape index (κ3) is 4.66. The molecule has 2 aromatic heterocycles. The van der Waals surface area contributed by atoms with Crippen LogP contribution in [0.5, 0.6) is 11.5 Å².